The first-order chi connectivity index (χ1) is 19.1. The number of anilines is 1. The van der Waals surface area contributed by atoms with Crippen LogP contribution in [0.25, 0.3) is 0 Å². The van der Waals surface area contributed by atoms with Crippen molar-refractivity contribution in [1.29, 1.82) is 0 Å². The minimum Gasteiger partial charge on any atom is -0.352 e. The Hall–Kier alpha value is -3.43. The second-order valence-electron chi connectivity index (χ2n) is 10.0. The van der Waals surface area contributed by atoms with Gasteiger partial charge in [0.05, 0.1) is 17.0 Å². The van der Waals surface area contributed by atoms with Gasteiger partial charge in [0, 0.05) is 24.6 Å². The van der Waals surface area contributed by atoms with E-state index in [1.165, 1.54) is 23.1 Å². The first-order valence-electron chi connectivity index (χ1n) is 13.2. The van der Waals surface area contributed by atoms with Gasteiger partial charge in [-0.1, -0.05) is 85.1 Å². The SMILES string of the molecule is CS(=O)(=O)N(CC(=O)N(Cc1ccccc1F)C(Cc1ccccc1)C(=O)NC1CCCC1)c1ccccc1Cl. The van der Waals surface area contributed by atoms with Crippen LogP contribution in [-0.2, 0) is 32.6 Å². The van der Waals surface area contributed by atoms with Gasteiger partial charge in [-0.3, -0.25) is 13.9 Å². The zero-order chi connectivity index (χ0) is 28.7. The Kier molecular flexibility index (Phi) is 9.81. The zero-order valence-electron chi connectivity index (χ0n) is 22.3. The number of carbonyl (C=O) groups excluding carboxylic acids is 2. The van der Waals surface area contributed by atoms with Crippen molar-refractivity contribution in [1.82, 2.24) is 10.2 Å². The quantitative estimate of drug-likeness (QED) is 0.345. The Bertz CT molecular complexity index is 1430. The molecule has 40 heavy (non-hydrogen) atoms. The molecule has 212 valence electrons. The average molecular weight is 586 g/mol. The van der Waals surface area contributed by atoms with Crippen LogP contribution in [0.2, 0.25) is 5.02 Å². The van der Waals surface area contributed by atoms with E-state index in [0.29, 0.717) is 0 Å². The highest BCUT2D eigenvalue weighted by atomic mass is 35.5. The van der Waals surface area contributed by atoms with Gasteiger partial charge in [0.15, 0.2) is 0 Å². The smallest absolute Gasteiger partial charge is 0.244 e. The fourth-order valence-electron chi connectivity index (χ4n) is 4.98. The molecule has 1 aliphatic carbocycles. The van der Waals surface area contributed by atoms with Crippen molar-refractivity contribution in [2.24, 2.45) is 0 Å². The lowest BCUT2D eigenvalue weighted by Crippen LogP contribution is -2.54. The molecule has 4 rings (SSSR count). The molecule has 1 N–H and O–H groups in total. The number of benzene rings is 3. The van der Waals surface area contributed by atoms with E-state index in [2.05, 4.69) is 5.32 Å². The minimum atomic E-state index is -3.95. The van der Waals surface area contributed by atoms with Crippen LogP contribution < -0.4 is 9.62 Å². The molecule has 0 spiro atoms. The van der Waals surface area contributed by atoms with Crippen LogP contribution in [0, 0.1) is 5.82 Å². The molecule has 0 radical (unpaired) electrons. The largest absolute Gasteiger partial charge is 0.352 e. The van der Waals surface area contributed by atoms with E-state index >= 15 is 0 Å². The van der Waals surface area contributed by atoms with Crippen molar-refractivity contribution in [2.45, 2.75) is 50.7 Å². The van der Waals surface area contributed by atoms with Crippen LogP contribution in [0.1, 0.15) is 36.8 Å². The van der Waals surface area contributed by atoms with E-state index in [4.69, 9.17) is 11.6 Å². The van der Waals surface area contributed by atoms with Crippen molar-refractivity contribution in [2.75, 3.05) is 17.1 Å². The first kappa shape index (κ1) is 29.6. The fraction of sp³-hybridized carbons (Fsp3) is 0.333. The van der Waals surface area contributed by atoms with Gasteiger partial charge in [-0.25, -0.2) is 12.8 Å². The molecule has 0 bridgehead atoms. The van der Waals surface area contributed by atoms with E-state index in [-0.39, 0.29) is 41.2 Å². The van der Waals surface area contributed by atoms with E-state index in [1.807, 2.05) is 30.3 Å². The van der Waals surface area contributed by atoms with Gasteiger partial charge in [-0.15, -0.1) is 0 Å². The average Bonchev–Trinajstić information content (AvgIpc) is 3.43. The monoisotopic (exact) mass is 585 g/mol. The summed E-state index contributed by atoms with van der Waals surface area (Å²) in [5.74, 6) is -1.54. The molecule has 2 amide bonds. The highest BCUT2D eigenvalue weighted by Gasteiger charge is 2.35. The molecule has 1 aliphatic rings. The van der Waals surface area contributed by atoms with Gasteiger partial charge in [0.25, 0.3) is 0 Å². The number of carbonyl (C=O) groups is 2. The molecular weight excluding hydrogens is 553 g/mol. The number of hydrogen-bond donors (Lipinski definition) is 1. The molecule has 1 saturated carbocycles. The Morgan fingerprint density at radius 3 is 2.25 bits per heavy atom. The highest BCUT2D eigenvalue weighted by Crippen LogP contribution is 2.28. The van der Waals surface area contributed by atoms with Gasteiger partial charge in [-0.05, 0) is 36.6 Å². The summed E-state index contributed by atoms with van der Waals surface area (Å²) in [7, 11) is -3.95. The maximum Gasteiger partial charge on any atom is 0.244 e. The Morgan fingerprint density at radius 1 is 0.975 bits per heavy atom. The van der Waals surface area contributed by atoms with Crippen molar-refractivity contribution >= 4 is 39.1 Å². The molecule has 7 nitrogen and oxygen atoms in total. The van der Waals surface area contributed by atoms with Gasteiger partial charge < -0.3 is 10.2 Å². The summed E-state index contributed by atoms with van der Waals surface area (Å²) >= 11 is 6.31. The Labute approximate surface area is 240 Å². The molecule has 0 aromatic heterocycles. The van der Waals surface area contributed by atoms with Crippen LogP contribution in [-0.4, -0.2) is 50.0 Å². The Morgan fingerprint density at radius 2 is 1.60 bits per heavy atom. The van der Waals surface area contributed by atoms with Gasteiger partial charge in [0.2, 0.25) is 21.8 Å². The number of nitrogens with zero attached hydrogens (tertiary/aromatic N) is 2. The maximum atomic E-state index is 14.8. The summed E-state index contributed by atoms with van der Waals surface area (Å²) < 4.78 is 41.4. The molecule has 0 aliphatic heterocycles. The van der Waals surface area contributed by atoms with Crippen LogP contribution in [0.5, 0.6) is 0 Å². The van der Waals surface area contributed by atoms with Crippen LogP contribution in [0.15, 0.2) is 78.9 Å². The standard InChI is InChI=1S/C30H33ClFN3O4S/c1-40(38,39)35(27-18-10-8-16-25(27)31)21-29(36)34(20-23-13-5-9-17-26(23)32)28(19-22-11-3-2-4-12-22)30(37)33-24-14-6-7-15-24/h2-5,8-13,16-18,24,28H,6-7,14-15,19-21H2,1H3,(H,33,37). The molecule has 1 fully saturated rings. The molecular formula is C30H33ClFN3O4S. The van der Waals surface area contributed by atoms with Crippen LogP contribution in [0.3, 0.4) is 0 Å². The molecule has 3 aromatic rings. The second-order valence-corrected chi connectivity index (χ2v) is 12.3. The van der Waals surface area contributed by atoms with E-state index in [0.717, 1.165) is 41.8 Å². The molecule has 3 aromatic carbocycles. The lowest BCUT2D eigenvalue weighted by atomic mass is 10.0. The summed E-state index contributed by atoms with van der Waals surface area (Å²) in [4.78, 5) is 29.1. The summed E-state index contributed by atoms with van der Waals surface area (Å²) in [5, 5.41) is 3.23. The molecule has 0 saturated heterocycles. The molecule has 1 unspecified atom stereocenters. The number of rotatable bonds is 11. The van der Waals surface area contributed by atoms with Crippen molar-refractivity contribution in [3.05, 3.63) is 101 Å². The second kappa shape index (κ2) is 13.3. The lowest BCUT2D eigenvalue weighted by molar-refractivity contribution is -0.140. The number of para-hydroxylation sites is 1. The summed E-state index contributed by atoms with van der Waals surface area (Å²) in [5.41, 5.74) is 1.17. The minimum absolute atomic E-state index is 0.00756. The number of halogens is 2. The van der Waals surface area contributed by atoms with Crippen LogP contribution >= 0.6 is 11.6 Å². The maximum absolute atomic E-state index is 14.8. The third-order valence-corrected chi connectivity index (χ3v) is 8.52. The zero-order valence-corrected chi connectivity index (χ0v) is 23.9. The topological polar surface area (TPSA) is 86.8 Å². The van der Waals surface area contributed by atoms with Gasteiger partial charge in [0.1, 0.15) is 18.4 Å². The third-order valence-electron chi connectivity index (χ3n) is 7.07. The highest BCUT2D eigenvalue weighted by molar-refractivity contribution is 7.92. The third kappa shape index (κ3) is 7.61. The Balaban J connectivity index is 1.74. The van der Waals surface area contributed by atoms with E-state index in [9.17, 15) is 22.4 Å². The van der Waals surface area contributed by atoms with E-state index < -0.39 is 34.3 Å². The van der Waals surface area contributed by atoms with Crippen molar-refractivity contribution < 1.29 is 22.4 Å². The molecule has 10 heteroatoms. The summed E-state index contributed by atoms with van der Waals surface area (Å²) in [6.07, 6.45) is 4.86. The number of sulfonamides is 1. The van der Waals surface area contributed by atoms with Gasteiger partial charge >= 0.3 is 0 Å². The summed E-state index contributed by atoms with van der Waals surface area (Å²) in [6.45, 7) is -0.833. The number of hydrogen-bond acceptors (Lipinski definition) is 4. The predicted molar refractivity (Wildman–Crippen MR) is 155 cm³/mol. The van der Waals surface area contributed by atoms with Crippen molar-refractivity contribution in [3.63, 3.8) is 0 Å². The molecule has 1 atom stereocenters. The fourth-order valence-corrected chi connectivity index (χ4v) is 6.13. The van der Waals surface area contributed by atoms with E-state index in [1.54, 1.807) is 30.3 Å². The van der Waals surface area contributed by atoms with Gasteiger partial charge in [-0.2, -0.15) is 0 Å². The van der Waals surface area contributed by atoms with Crippen LogP contribution in [0.4, 0.5) is 10.1 Å². The number of amides is 2. The molecule has 0 heterocycles. The number of nitrogens with one attached hydrogen (secondary N) is 1. The predicted octanol–water partition coefficient (Wildman–Crippen LogP) is 4.94. The normalized spacial score (nSPS) is 14.5. The first-order valence-corrected chi connectivity index (χ1v) is 15.5. The van der Waals surface area contributed by atoms with Crippen molar-refractivity contribution in [3.8, 4) is 0 Å². The lowest BCUT2D eigenvalue weighted by Gasteiger charge is -2.34. The summed E-state index contributed by atoms with van der Waals surface area (Å²) in [6, 6.07) is 20.6.